The third kappa shape index (κ3) is 4.81. The third-order valence-electron chi connectivity index (χ3n) is 4.47. The summed E-state index contributed by atoms with van der Waals surface area (Å²) < 4.78 is 47.5. The summed E-state index contributed by atoms with van der Waals surface area (Å²) in [5.41, 5.74) is 2.57. The van der Waals surface area contributed by atoms with Crippen LogP contribution >= 0.6 is 0 Å². The molecule has 0 N–H and O–H groups in total. The van der Waals surface area contributed by atoms with Crippen LogP contribution in [0.1, 0.15) is 37.0 Å². The van der Waals surface area contributed by atoms with Gasteiger partial charge in [0, 0.05) is 5.56 Å². The Hall–Kier alpha value is -3.19. The van der Waals surface area contributed by atoms with E-state index in [2.05, 4.69) is 11.8 Å². The predicted octanol–water partition coefficient (Wildman–Crippen LogP) is 6.52. The smallest absolute Gasteiger partial charge is 0.174 e. The maximum absolute atomic E-state index is 14.2. The highest BCUT2D eigenvalue weighted by molar-refractivity contribution is 5.65. The summed E-state index contributed by atoms with van der Waals surface area (Å²) in [4.78, 5) is 0. The van der Waals surface area contributed by atoms with E-state index in [0.29, 0.717) is 29.7 Å². The summed E-state index contributed by atoms with van der Waals surface area (Å²) in [6, 6.07) is 15.0. The van der Waals surface area contributed by atoms with Gasteiger partial charge in [-0.1, -0.05) is 49.5 Å². The summed E-state index contributed by atoms with van der Waals surface area (Å²) in [5.74, 6) is 3.60. The van der Waals surface area contributed by atoms with Gasteiger partial charge in [0.05, 0.1) is 12.2 Å². The average molecular weight is 394 g/mol. The van der Waals surface area contributed by atoms with Gasteiger partial charge in [0.2, 0.25) is 0 Å². The highest BCUT2D eigenvalue weighted by atomic mass is 19.2. The van der Waals surface area contributed by atoms with E-state index in [1.165, 1.54) is 12.1 Å². The summed E-state index contributed by atoms with van der Waals surface area (Å²) in [6.07, 6.45) is 1.23. The van der Waals surface area contributed by atoms with Crippen LogP contribution in [0, 0.1) is 29.3 Å². The van der Waals surface area contributed by atoms with E-state index in [0.717, 1.165) is 12.0 Å². The summed E-state index contributed by atoms with van der Waals surface area (Å²) in [7, 11) is 0. The van der Waals surface area contributed by atoms with Crippen molar-refractivity contribution in [1.29, 1.82) is 0 Å². The Morgan fingerprint density at radius 2 is 1.52 bits per heavy atom. The molecule has 3 aromatic rings. The maximum Gasteiger partial charge on any atom is 0.174 e. The van der Waals surface area contributed by atoms with Gasteiger partial charge in [-0.2, -0.15) is 0 Å². The number of aryl methyl sites for hydroxylation is 1. The van der Waals surface area contributed by atoms with Crippen molar-refractivity contribution in [2.24, 2.45) is 0 Å². The molecule has 29 heavy (non-hydrogen) atoms. The van der Waals surface area contributed by atoms with Crippen molar-refractivity contribution < 1.29 is 17.9 Å². The molecule has 1 nitrogen and oxygen atoms in total. The Morgan fingerprint density at radius 3 is 2.17 bits per heavy atom. The lowest BCUT2D eigenvalue weighted by Crippen LogP contribution is -1.97. The Kier molecular flexibility index (Phi) is 6.61. The first-order valence-corrected chi connectivity index (χ1v) is 9.55. The Labute approximate surface area is 169 Å². The molecule has 0 unspecified atom stereocenters. The minimum atomic E-state index is -0.912. The zero-order valence-corrected chi connectivity index (χ0v) is 16.4. The highest BCUT2D eigenvalue weighted by Gasteiger charge is 2.11. The van der Waals surface area contributed by atoms with Crippen LogP contribution in [0.4, 0.5) is 13.2 Å². The lowest BCUT2D eigenvalue weighted by Gasteiger charge is -2.07. The molecule has 0 radical (unpaired) electrons. The van der Waals surface area contributed by atoms with Crippen molar-refractivity contribution in [3.8, 4) is 28.7 Å². The fraction of sp³-hybridized carbons (Fsp3) is 0.200. The van der Waals surface area contributed by atoms with Crippen molar-refractivity contribution in [2.45, 2.75) is 26.7 Å². The molecule has 0 aliphatic heterocycles. The quantitative estimate of drug-likeness (QED) is 0.448. The van der Waals surface area contributed by atoms with E-state index in [1.54, 1.807) is 49.4 Å². The second-order valence-electron chi connectivity index (χ2n) is 6.56. The standard InChI is InChI=1S/C25H21F3O/c1-3-5-19-12-13-20(25(28)24(19)27)11-8-17-6-9-18(10-7-17)21-14-15-23(29-4-2)22(26)16-21/h6-7,9-10,12-16H,3-5H2,1-2H3. The molecule has 0 aromatic heterocycles. The SMILES string of the molecule is CCCc1ccc(C#Cc2ccc(-c3ccc(OCC)c(F)c3)cc2)c(F)c1F. The number of ether oxygens (including phenoxy) is 1. The average Bonchev–Trinajstić information content (AvgIpc) is 2.73. The Morgan fingerprint density at radius 1 is 0.793 bits per heavy atom. The van der Waals surface area contributed by atoms with Crippen LogP contribution in [0.25, 0.3) is 11.1 Å². The van der Waals surface area contributed by atoms with Crippen LogP contribution in [0.15, 0.2) is 54.6 Å². The second kappa shape index (κ2) is 9.34. The zero-order chi connectivity index (χ0) is 20.8. The molecule has 0 bridgehead atoms. The summed E-state index contributed by atoms with van der Waals surface area (Å²) >= 11 is 0. The van der Waals surface area contributed by atoms with Crippen LogP contribution in [0.5, 0.6) is 5.75 Å². The monoisotopic (exact) mass is 394 g/mol. The van der Waals surface area contributed by atoms with E-state index >= 15 is 0 Å². The van der Waals surface area contributed by atoms with Crippen LogP contribution in [-0.2, 0) is 6.42 Å². The Balaban J connectivity index is 1.80. The van der Waals surface area contributed by atoms with Crippen molar-refractivity contribution in [3.05, 3.63) is 88.7 Å². The van der Waals surface area contributed by atoms with Crippen molar-refractivity contribution in [2.75, 3.05) is 6.61 Å². The van der Waals surface area contributed by atoms with Gasteiger partial charge in [-0.25, -0.2) is 13.2 Å². The normalized spacial score (nSPS) is 10.4. The zero-order valence-electron chi connectivity index (χ0n) is 16.4. The van der Waals surface area contributed by atoms with Crippen molar-refractivity contribution in [1.82, 2.24) is 0 Å². The van der Waals surface area contributed by atoms with Crippen LogP contribution in [0.3, 0.4) is 0 Å². The van der Waals surface area contributed by atoms with Gasteiger partial charge >= 0.3 is 0 Å². The number of rotatable bonds is 5. The molecule has 0 amide bonds. The molecule has 148 valence electrons. The van der Waals surface area contributed by atoms with Gasteiger partial charge < -0.3 is 4.74 Å². The molecule has 0 spiro atoms. The molecule has 0 aliphatic rings. The number of hydrogen-bond donors (Lipinski definition) is 0. The molecule has 0 saturated carbocycles. The second-order valence-corrected chi connectivity index (χ2v) is 6.56. The topological polar surface area (TPSA) is 9.23 Å². The van der Waals surface area contributed by atoms with Gasteiger partial charge in [0.15, 0.2) is 23.2 Å². The van der Waals surface area contributed by atoms with Gasteiger partial charge in [-0.3, -0.25) is 0 Å². The molecular weight excluding hydrogens is 373 g/mol. The third-order valence-corrected chi connectivity index (χ3v) is 4.47. The van der Waals surface area contributed by atoms with Crippen LogP contribution < -0.4 is 4.74 Å². The van der Waals surface area contributed by atoms with E-state index in [9.17, 15) is 13.2 Å². The lowest BCUT2D eigenvalue weighted by atomic mass is 10.0. The van der Waals surface area contributed by atoms with Crippen molar-refractivity contribution in [3.63, 3.8) is 0 Å². The number of halogens is 3. The van der Waals surface area contributed by atoms with Gasteiger partial charge in [0.1, 0.15) is 0 Å². The van der Waals surface area contributed by atoms with Gasteiger partial charge in [-0.15, -0.1) is 0 Å². The summed E-state index contributed by atoms with van der Waals surface area (Å²) in [6.45, 7) is 4.11. The summed E-state index contributed by atoms with van der Waals surface area (Å²) in [5, 5.41) is 0. The molecule has 0 saturated heterocycles. The molecule has 0 aliphatic carbocycles. The number of hydrogen-bond acceptors (Lipinski definition) is 1. The molecule has 0 heterocycles. The largest absolute Gasteiger partial charge is 0.491 e. The molecule has 4 heteroatoms. The lowest BCUT2D eigenvalue weighted by molar-refractivity contribution is 0.321. The molecular formula is C25H21F3O. The molecule has 3 aromatic carbocycles. The first-order chi connectivity index (χ1) is 14.0. The fourth-order valence-electron chi connectivity index (χ4n) is 2.99. The Bertz CT molecular complexity index is 1060. The highest BCUT2D eigenvalue weighted by Crippen LogP contribution is 2.26. The van der Waals surface area contributed by atoms with E-state index in [-0.39, 0.29) is 11.3 Å². The molecule has 0 fully saturated rings. The van der Waals surface area contributed by atoms with E-state index in [4.69, 9.17) is 4.74 Å². The van der Waals surface area contributed by atoms with E-state index < -0.39 is 17.5 Å². The van der Waals surface area contributed by atoms with Gasteiger partial charge in [0.25, 0.3) is 0 Å². The minimum absolute atomic E-state index is 0.0278. The molecule has 3 rings (SSSR count). The fourth-order valence-corrected chi connectivity index (χ4v) is 2.99. The van der Waals surface area contributed by atoms with Gasteiger partial charge in [-0.05, 0) is 60.4 Å². The maximum atomic E-state index is 14.2. The minimum Gasteiger partial charge on any atom is -0.491 e. The van der Waals surface area contributed by atoms with E-state index in [1.807, 2.05) is 6.92 Å². The van der Waals surface area contributed by atoms with Crippen LogP contribution in [-0.4, -0.2) is 6.61 Å². The van der Waals surface area contributed by atoms with Crippen LogP contribution in [0.2, 0.25) is 0 Å². The first-order valence-electron chi connectivity index (χ1n) is 9.55. The predicted molar refractivity (Wildman–Crippen MR) is 109 cm³/mol. The molecule has 0 atom stereocenters. The van der Waals surface area contributed by atoms with Crippen molar-refractivity contribution >= 4 is 0 Å². The number of benzene rings is 3. The first kappa shape index (κ1) is 20.5.